The summed E-state index contributed by atoms with van der Waals surface area (Å²) in [4.78, 5) is 0. The van der Waals surface area contributed by atoms with Crippen LogP contribution in [0.15, 0.2) is 21.2 Å². The molecule has 1 saturated carbocycles. The van der Waals surface area contributed by atoms with E-state index in [-0.39, 0.29) is 0 Å². The summed E-state index contributed by atoms with van der Waals surface area (Å²) >= 11 is 3.29. The Bertz CT molecular complexity index is 284. The third kappa shape index (κ3) is 1.21. The highest BCUT2D eigenvalue weighted by Gasteiger charge is 2.37. The topological polar surface area (TPSA) is 39.2 Å². The molecule has 0 bridgehead atoms. The van der Waals surface area contributed by atoms with Crippen molar-refractivity contribution >= 4 is 15.9 Å². The quantitative estimate of drug-likeness (QED) is 0.804. The SMILES string of the molecule is CC1C(N)CC1c1ccc(Br)o1. The van der Waals surface area contributed by atoms with Crippen molar-refractivity contribution in [3.05, 3.63) is 22.6 Å². The first-order valence-corrected chi connectivity index (χ1v) is 4.98. The van der Waals surface area contributed by atoms with Crippen LogP contribution in [0, 0.1) is 5.92 Å². The second-order valence-corrected chi connectivity index (χ2v) is 4.29. The van der Waals surface area contributed by atoms with Crippen LogP contribution in [-0.4, -0.2) is 6.04 Å². The van der Waals surface area contributed by atoms with Gasteiger partial charge in [0.25, 0.3) is 0 Å². The Morgan fingerprint density at radius 1 is 1.58 bits per heavy atom. The van der Waals surface area contributed by atoms with Crippen LogP contribution < -0.4 is 5.73 Å². The van der Waals surface area contributed by atoms with Gasteiger partial charge in [-0.05, 0) is 40.4 Å². The molecular formula is C9H12BrNO. The van der Waals surface area contributed by atoms with Crippen molar-refractivity contribution in [3.63, 3.8) is 0 Å². The minimum atomic E-state index is 0.360. The first-order chi connectivity index (χ1) is 5.68. The summed E-state index contributed by atoms with van der Waals surface area (Å²) in [7, 11) is 0. The summed E-state index contributed by atoms with van der Waals surface area (Å²) in [5, 5.41) is 0. The summed E-state index contributed by atoms with van der Waals surface area (Å²) in [6.45, 7) is 2.18. The number of hydrogen-bond donors (Lipinski definition) is 1. The molecule has 12 heavy (non-hydrogen) atoms. The molecule has 1 heterocycles. The van der Waals surface area contributed by atoms with E-state index in [1.807, 2.05) is 12.1 Å². The first kappa shape index (κ1) is 8.32. The maximum atomic E-state index is 5.80. The molecule has 3 heteroatoms. The van der Waals surface area contributed by atoms with Crippen molar-refractivity contribution in [1.29, 1.82) is 0 Å². The minimum Gasteiger partial charge on any atom is -0.454 e. The normalized spacial score (nSPS) is 34.8. The molecule has 3 unspecified atom stereocenters. The molecule has 2 rings (SSSR count). The Balaban J connectivity index is 2.12. The van der Waals surface area contributed by atoms with E-state index in [4.69, 9.17) is 10.2 Å². The highest BCUT2D eigenvalue weighted by molar-refractivity contribution is 9.10. The molecule has 1 aromatic rings. The number of rotatable bonds is 1. The van der Waals surface area contributed by atoms with Gasteiger partial charge in [-0.15, -0.1) is 0 Å². The van der Waals surface area contributed by atoms with Crippen molar-refractivity contribution in [1.82, 2.24) is 0 Å². The van der Waals surface area contributed by atoms with E-state index in [9.17, 15) is 0 Å². The second-order valence-electron chi connectivity index (χ2n) is 3.51. The Hall–Kier alpha value is -0.280. The van der Waals surface area contributed by atoms with Crippen LogP contribution in [0.5, 0.6) is 0 Å². The Labute approximate surface area is 80.3 Å². The zero-order chi connectivity index (χ0) is 8.72. The molecule has 1 aliphatic carbocycles. The highest BCUT2D eigenvalue weighted by atomic mass is 79.9. The van der Waals surface area contributed by atoms with Crippen LogP contribution in [0.2, 0.25) is 0 Å². The number of halogens is 1. The van der Waals surface area contributed by atoms with E-state index < -0.39 is 0 Å². The maximum Gasteiger partial charge on any atom is 0.169 e. The van der Waals surface area contributed by atoms with E-state index in [1.54, 1.807) is 0 Å². The zero-order valence-electron chi connectivity index (χ0n) is 6.96. The standard InChI is InChI=1S/C9H12BrNO/c1-5-6(4-7(5)11)8-2-3-9(10)12-8/h2-3,5-7H,4,11H2,1H3. The predicted molar refractivity (Wildman–Crippen MR) is 50.9 cm³/mol. The monoisotopic (exact) mass is 229 g/mol. The molecule has 1 aromatic heterocycles. The molecule has 3 atom stereocenters. The maximum absolute atomic E-state index is 5.80. The summed E-state index contributed by atoms with van der Waals surface area (Å²) in [5.41, 5.74) is 5.80. The Morgan fingerprint density at radius 3 is 2.75 bits per heavy atom. The molecule has 1 aliphatic rings. The van der Waals surface area contributed by atoms with E-state index in [0.717, 1.165) is 16.9 Å². The van der Waals surface area contributed by atoms with Crippen LogP contribution in [0.4, 0.5) is 0 Å². The number of nitrogens with two attached hydrogens (primary N) is 1. The molecule has 66 valence electrons. The Morgan fingerprint density at radius 2 is 2.33 bits per heavy atom. The van der Waals surface area contributed by atoms with Gasteiger partial charge in [-0.1, -0.05) is 6.92 Å². The first-order valence-electron chi connectivity index (χ1n) is 4.19. The average molecular weight is 230 g/mol. The molecular weight excluding hydrogens is 218 g/mol. The van der Waals surface area contributed by atoms with Gasteiger partial charge in [-0.3, -0.25) is 0 Å². The molecule has 1 fully saturated rings. The van der Waals surface area contributed by atoms with Crippen molar-refractivity contribution in [3.8, 4) is 0 Å². The molecule has 0 spiro atoms. The van der Waals surface area contributed by atoms with Gasteiger partial charge in [0.1, 0.15) is 5.76 Å². The molecule has 0 aliphatic heterocycles. The van der Waals surface area contributed by atoms with Gasteiger partial charge in [0, 0.05) is 12.0 Å². The third-order valence-corrected chi connectivity index (χ3v) is 3.22. The van der Waals surface area contributed by atoms with E-state index in [0.29, 0.717) is 17.9 Å². The lowest BCUT2D eigenvalue weighted by Crippen LogP contribution is -2.43. The lowest BCUT2D eigenvalue weighted by molar-refractivity contribution is 0.197. The fourth-order valence-electron chi connectivity index (χ4n) is 1.73. The van der Waals surface area contributed by atoms with Crippen molar-refractivity contribution in [2.75, 3.05) is 0 Å². The predicted octanol–water partition coefficient (Wildman–Crippen LogP) is 2.49. The van der Waals surface area contributed by atoms with Crippen LogP contribution >= 0.6 is 15.9 Å². The number of hydrogen-bond acceptors (Lipinski definition) is 2. The highest BCUT2D eigenvalue weighted by Crippen LogP contribution is 2.42. The third-order valence-electron chi connectivity index (χ3n) is 2.80. The smallest absolute Gasteiger partial charge is 0.169 e. The molecule has 0 amide bonds. The average Bonchev–Trinajstić information content (AvgIpc) is 2.46. The largest absolute Gasteiger partial charge is 0.454 e. The summed E-state index contributed by atoms with van der Waals surface area (Å²) in [6, 6.07) is 4.32. The van der Waals surface area contributed by atoms with Crippen LogP contribution in [0.25, 0.3) is 0 Å². The van der Waals surface area contributed by atoms with Crippen molar-refractivity contribution < 1.29 is 4.42 Å². The van der Waals surface area contributed by atoms with Crippen LogP contribution in [-0.2, 0) is 0 Å². The van der Waals surface area contributed by atoms with E-state index in [2.05, 4.69) is 22.9 Å². The lowest BCUT2D eigenvalue weighted by Gasteiger charge is -2.39. The van der Waals surface area contributed by atoms with E-state index in [1.165, 1.54) is 0 Å². The minimum absolute atomic E-state index is 0.360. The zero-order valence-corrected chi connectivity index (χ0v) is 8.54. The summed E-state index contributed by atoms with van der Waals surface area (Å²) in [6.07, 6.45) is 1.06. The van der Waals surface area contributed by atoms with Gasteiger partial charge in [-0.2, -0.15) is 0 Å². The van der Waals surface area contributed by atoms with Gasteiger partial charge in [0.2, 0.25) is 0 Å². The van der Waals surface area contributed by atoms with Crippen molar-refractivity contribution in [2.24, 2.45) is 11.7 Å². The molecule has 0 radical (unpaired) electrons. The fourth-order valence-corrected chi connectivity index (χ4v) is 2.05. The van der Waals surface area contributed by atoms with Gasteiger partial charge in [0.15, 0.2) is 4.67 Å². The second kappa shape index (κ2) is 2.89. The molecule has 0 aromatic carbocycles. The summed E-state index contributed by atoms with van der Waals surface area (Å²) in [5.74, 6) is 2.16. The van der Waals surface area contributed by atoms with Crippen LogP contribution in [0.3, 0.4) is 0 Å². The molecule has 0 saturated heterocycles. The lowest BCUT2D eigenvalue weighted by atomic mass is 9.70. The fraction of sp³-hybridized carbons (Fsp3) is 0.556. The summed E-state index contributed by atoms with van der Waals surface area (Å²) < 4.78 is 6.28. The van der Waals surface area contributed by atoms with Gasteiger partial charge in [0.05, 0.1) is 0 Å². The van der Waals surface area contributed by atoms with Gasteiger partial charge < -0.3 is 10.2 Å². The Kier molecular flexibility index (Phi) is 2.00. The van der Waals surface area contributed by atoms with E-state index >= 15 is 0 Å². The molecule has 2 nitrogen and oxygen atoms in total. The number of furan rings is 1. The van der Waals surface area contributed by atoms with Crippen molar-refractivity contribution in [2.45, 2.75) is 25.3 Å². The van der Waals surface area contributed by atoms with Crippen LogP contribution in [0.1, 0.15) is 25.0 Å². The molecule has 2 N–H and O–H groups in total. The van der Waals surface area contributed by atoms with Gasteiger partial charge >= 0.3 is 0 Å². The van der Waals surface area contributed by atoms with Gasteiger partial charge in [-0.25, -0.2) is 0 Å².